The molecule has 2 aromatic carbocycles. The van der Waals surface area contributed by atoms with Crippen molar-refractivity contribution in [3.63, 3.8) is 0 Å². The van der Waals surface area contributed by atoms with Crippen molar-refractivity contribution in [2.45, 2.75) is 13.3 Å². The highest BCUT2D eigenvalue weighted by atomic mass is 19.1. The van der Waals surface area contributed by atoms with E-state index in [2.05, 4.69) is 17.2 Å². The van der Waals surface area contributed by atoms with E-state index in [0.717, 1.165) is 11.3 Å². The second kappa shape index (κ2) is 8.60. The van der Waals surface area contributed by atoms with Crippen molar-refractivity contribution in [3.05, 3.63) is 65.5 Å². The molecule has 0 radical (unpaired) electrons. The van der Waals surface area contributed by atoms with Crippen molar-refractivity contribution >= 4 is 5.91 Å². The van der Waals surface area contributed by atoms with Gasteiger partial charge in [-0.15, -0.1) is 0 Å². The van der Waals surface area contributed by atoms with E-state index in [4.69, 9.17) is 4.74 Å². The number of halogens is 1. The molecular weight excluding hydrogens is 293 g/mol. The summed E-state index contributed by atoms with van der Waals surface area (Å²) in [5, 5.41) is 2.73. The molecular formula is C19H18FNO2. The Labute approximate surface area is 135 Å². The molecule has 0 saturated heterocycles. The summed E-state index contributed by atoms with van der Waals surface area (Å²) >= 11 is 0. The molecule has 2 rings (SSSR count). The Morgan fingerprint density at radius 2 is 1.83 bits per heavy atom. The predicted molar refractivity (Wildman–Crippen MR) is 87.6 cm³/mol. The maximum Gasteiger partial charge on any atom is 0.225 e. The smallest absolute Gasteiger partial charge is 0.225 e. The van der Waals surface area contributed by atoms with Crippen molar-refractivity contribution in [1.82, 2.24) is 5.32 Å². The molecule has 0 fully saturated rings. The quantitative estimate of drug-likeness (QED) is 0.862. The third-order valence-corrected chi connectivity index (χ3v) is 3.05. The molecule has 0 heterocycles. The lowest BCUT2D eigenvalue weighted by Gasteiger charge is -2.05. The molecule has 0 saturated carbocycles. The second-order valence-corrected chi connectivity index (χ2v) is 4.84. The maximum atomic E-state index is 12.7. The SMILES string of the molecule is CCOc1ccc(CC(=O)NCC#Cc2ccc(F)cc2)cc1. The monoisotopic (exact) mass is 311 g/mol. The van der Waals surface area contributed by atoms with Crippen molar-refractivity contribution in [1.29, 1.82) is 0 Å². The lowest BCUT2D eigenvalue weighted by atomic mass is 10.1. The first-order chi connectivity index (χ1) is 11.2. The molecule has 0 aliphatic carbocycles. The van der Waals surface area contributed by atoms with Crippen LogP contribution in [-0.4, -0.2) is 19.1 Å². The van der Waals surface area contributed by atoms with Gasteiger partial charge in [0.2, 0.25) is 5.91 Å². The Morgan fingerprint density at radius 3 is 2.48 bits per heavy atom. The molecule has 118 valence electrons. The van der Waals surface area contributed by atoms with Crippen molar-refractivity contribution in [2.24, 2.45) is 0 Å². The largest absolute Gasteiger partial charge is 0.494 e. The Morgan fingerprint density at radius 1 is 1.13 bits per heavy atom. The standard InChI is InChI=1S/C19H18FNO2/c1-2-23-18-11-7-16(8-12-18)14-19(22)21-13-3-4-15-5-9-17(20)10-6-15/h5-12H,2,13-14H2,1H3,(H,21,22). The minimum atomic E-state index is -0.292. The summed E-state index contributed by atoms with van der Waals surface area (Å²) in [6.07, 6.45) is 0.296. The highest BCUT2D eigenvalue weighted by Crippen LogP contribution is 2.12. The van der Waals surface area contributed by atoms with Crippen LogP contribution in [0, 0.1) is 17.7 Å². The van der Waals surface area contributed by atoms with Gasteiger partial charge in [0.15, 0.2) is 0 Å². The first-order valence-corrected chi connectivity index (χ1v) is 7.40. The molecule has 0 aromatic heterocycles. The van der Waals surface area contributed by atoms with Gasteiger partial charge in [-0.05, 0) is 48.9 Å². The van der Waals surface area contributed by atoms with Gasteiger partial charge in [-0.3, -0.25) is 4.79 Å². The Balaban J connectivity index is 1.78. The molecule has 1 N–H and O–H groups in total. The summed E-state index contributed by atoms with van der Waals surface area (Å²) < 4.78 is 18.1. The summed E-state index contributed by atoms with van der Waals surface area (Å²) in [6, 6.07) is 13.3. The van der Waals surface area contributed by atoms with Crippen LogP contribution in [0.1, 0.15) is 18.1 Å². The van der Waals surface area contributed by atoms with Gasteiger partial charge in [-0.1, -0.05) is 24.0 Å². The van der Waals surface area contributed by atoms with Gasteiger partial charge in [-0.25, -0.2) is 4.39 Å². The van der Waals surface area contributed by atoms with Crippen LogP contribution in [-0.2, 0) is 11.2 Å². The van der Waals surface area contributed by atoms with Gasteiger partial charge in [0, 0.05) is 5.56 Å². The van der Waals surface area contributed by atoms with Crippen LogP contribution in [0.4, 0.5) is 4.39 Å². The summed E-state index contributed by atoms with van der Waals surface area (Å²) in [7, 11) is 0. The number of carbonyl (C=O) groups excluding carboxylic acids is 1. The normalized spacial score (nSPS) is 9.65. The first kappa shape index (κ1) is 16.6. The van der Waals surface area contributed by atoms with E-state index in [-0.39, 0.29) is 18.3 Å². The number of hydrogen-bond acceptors (Lipinski definition) is 2. The van der Waals surface area contributed by atoms with E-state index in [1.54, 1.807) is 12.1 Å². The number of ether oxygens (including phenoxy) is 1. The predicted octanol–water partition coefficient (Wildman–Crippen LogP) is 2.93. The van der Waals surface area contributed by atoms with Crippen LogP contribution in [0.5, 0.6) is 5.75 Å². The van der Waals surface area contributed by atoms with Crippen LogP contribution >= 0.6 is 0 Å². The van der Waals surface area contributed by atoms with Crippen LogP contribution in [0.25, 0.3) is 0 Å². The second-order valence-electron chi connectivity index (χ2n) is 4.84. The summed E-state index contributed by atoms with van der Waals surface area (Å²) in [5.74, 6) is 6.11. The fraction of sp³-hybridized carbons (Fsp3) is 0.211. The molecule has 0 spiro atoms. The molecule has 0 atom stereocenters. The topological polar surface area (TPSA) is 38.3 Å². The molecule has 23 heavy (non-hydrogen) atoms. The highest BCUT2D eigenvalue weighted by Gasteiger charge is 2.02. The molecule has 2 aromatic rings. The minimum absolute atomic E-state index is 0.0948. The lowest BCUT2D eigenvalue weighted by Crippen LogP contribution is -2.25. The van der Waals surface area contributed by atoms with Crippen LogP contribution in [0.2, 0.25) is 0 Å². The molecule has 4 heteroatoms. The van der Waals surface area contributed by atoms with Gasteiger partial charge < -0.3 is 10.1 Å². The Kier molecular flexibility index (Phi) is 6.19. The van der Waals surface area contributed by atoms with Crippen LogP contribution in [0.3, 0.4) is 0 Å². The van der Waals surface area contributed by atoms with Gasteiger partial charge in [0.1, 0.15) is 11.6 Å². The number of carbonyl (C=O) groups is 1. The van der Waals surface area contributed by atoms with E-state index in [9.17, 15) is 9.18 Å². The zero-order chi connectivity index (χ0) is 16.5. The molecule has 3 nitrogen and oxygen atoms in total. The van der Waals surface area contributed by atoms with Crippen molar-refractivity contribution in [3.8, 4) is 17.6 Å². The van der Waals surface area contributed by atoms with Gasteiger partial charge in [0.05, 0.1) is 19.6 Å². The number of benzene rings is 2. The number of hydrogen-bond donors (Lipinski definition) is 1. The lowest BCUT2D eigenvalue weighted by molar-refractivity contribution is -0.120. The molecule has 1 amide bonds. The average molecular weight is 311 g/mol. The molecule has 0 aliphatic heterocycles. The third kappa shape index (κ3) is 5.84. The zero-order valence-electron chi connectivity index (χ0n) is 12.9. The Hall–Kier alpha value is -2.80. The summed E-state index contributed by atoms with van der Waals surface area (Å²) in [4.78, 5) is 11.8. The van der Waals surface area contributed by atoms with E-state index in [1.807, 2.05) is 31.2 Å². The van der Waals surface area contributed by atoms with Crippen LogP contribution < -0.4 is 10.1 Å². The summed E-state index contributed by atoms with van der Waals surface area (Å²) in [5.41, 5.74) is 1.63. The van der Waals surface area contributed by atoms with Crippen LogP contribution in [0.15, 0.2) is 48.5 Å². The fourth-order valence-electron chi connectivity index (χ4n) is 1.94. The molecule has 0 bridgehead atoms. The van der Waals surface area contributed by atoms with E-state index < -0.39 is 0 Å². The molecule has 0 aliphatic rings. The fourth-order valence-corrected chi connectivity index (χ4v) is 1.94. The number of nitrogens with one attached hydrogen (secondary N) is 1. The van der Waals surface area contributed by atoms with E-state index in [0.29, 0.717) is 18.6 Å². The Bertz CT molecular complexity index is 697. The van der Waals surface area contributed by atoms with Gasteiger partial charge in [0.25, 0.3) is 0 Å². The van der Waals surface area contributed by atoms with E-state index >= 15 is 0 Å². The number of rotatable bonds is 5. The first-order valence-electron chi connectivity index (χ1n) is 7.40. The van der Waals surface area contributed by atoms with Crippen molar-refractivity contribution < 1.29 is 13.9 Å². The zero-order valence-corrected chi connectivity index (χ0v) is 12.9. The number of amides is 1. The van der Waals surface area contributed by atoms with E-state index in [1.165, 1.54) is 12.1 Å². The average Bonchev–Trinajstić information content (AvgIpc) is 2.55. The van der Waals surface area contributed by atoms with Gasteiger partial charge in [-0.2, -0.15) is 0 Å². The maximum absolute atomic E-state index is 12.7. The van der Waals surface area contributed by atoms with Crippen molar-refractivity contribution in [2.75, 3.05) is 13.2 Å². The third-order valence-electron chi connectivity index (χ3n) is 3.05. The summed E-state index contributed by atoms with van der Waals surface area (Å²) in [6.45, 7) is 2.80. The van der Waals surface area contributed by atoms with Gasteiger partial charge >= 0.3 is 0 Å². The minimum Gasteiger partial charge on any atom is -0.494 e. The highest BCUT2D eigenvalue weighted by molar-refractivity contribution is 5.78. The molecule has 0 unspecified atom stereocenters.